The molecule has 0 saturated carbocycles. The van der Waals surface area contributed by atoms with Gasteiger partial charge in [-0.3, -0.25) is 0 Å². The molecule has 3 rings (SSSR count). The number of rotatable bonds is 4. The Morgan fingerprint density at radius 2 is 1.78 bits per heavy atom. The van der Waals surface area contributed by atoms with Crippen molar-refractivity contribution < 1.29 is 9.53 Å². The van der Waals surface area contributed by atoms with Gasteiger partial charge in [-0.2, -0.15) is 0 Å². The van der Waals surface area contributed by atoms with Crippen molar-refractivity contribution in [2.75, 3.05) is 12.4 Å². The molecule has 0 atom stereocenters. The predicted molar refractivity (Wildman–Crippen MR) is 88.5 cm³/mol. The minimum atomic E-state index is -0.400. The molecule has 1 aromatic carbocycles. The quantitative estimate of drug-likeness (QED) is 0.745. The molecule has 5 nitrogen and oxygen atoms in total. The molecule has 0 saturated heterocycles. The fraction of sp³-hybridized carbons (Fsp3) is 0.0556. The third-order valence-corrected chi connectivity index (χ3v) is 3.31. The van der Waals surface area contributed by atoms with Crippen LogP contribution in [0.25, 0.3) is 11.1 Å². The summed E-state index contributed by atoms with van der Waals surface area (Å²) in [5.74, 6) is 0.787. The SMILES string of the molecule is COC(=O)c1ccnc(Nc2ccc(-c3ccccc3)cn2)c1. The van der Waals surface area contributed by atoms with Crippen LogP contribution in [-0.2, 0) is 4.74 Å². The van der Waals surface area contributed by atoms with E-state index in [9.17, 15) is 4.79 Å². The molecule has 0 bridgehead atoms. The van der Waals surface area contributed by atoms with Gasteiger partial charge in [0.2, 0.25) is 0 Å². The van der Waals surface area contributed by atoms with Gasteiger partial charge in [0.25, 0.3) is 0 Å². The third-order valence-electron chi connectivity index (χ3n) is 3.31. The second kappa shape index (κ2) is 6.70. The molecule has 0 spiro atoms. The monoisotopic (exact) mass is 305 g/mol. The van der Waals surface area contributed by atoms with E-state index in [1.54, 1.807) is 24.5 Å². The highest BCUT2D eigenvalue weighted by molar-refractivity contribution is 5.90. The fourth-order valence-corrected chi connectivity index (χ4v) is 2.14. The summed E-state index contributed by atoms with van der Waals surface area (Å²) in [6, 6.07) is 17.1. The zero-order chi connectivity index (χ0) is 16.1. The third kappa shape index (κ3) is 3.52. The van der Waals surface area contributed by atoms with Gasteiger partial charge in [-0.25, -0.2) is 14.8 Å². The number of carbonyl (C=O) groups excluding carboxylic acids is 1. The Morgan fingerprint density at radius 1 is 0.957 bits per heavy atom. The zero-order valence-corrected chi connectivity index (χ0v) is 12.6. The zero-order valence-electron chi connectivity index (χ0n) is 12.6. The number of ether oxygens (including phenoxy) is 1. The van der Waals surface area contributed by atoms with Gasteiger partial charge in [0.15, 0.2) is 0 Å². The molecule has 0 aliphatic heterocycles. The first-order valence-corrected chi connectivity index (χ1v) is 7.09. The van der Waals surface area contributed by atoms with Crippen LogP contribution in [0.4, 0.5) is 11.6 Å². The highest BCUT2D eigenvalue weighted by Crippen LogP contribution is 2.20. The van der Waals surface area contributed by atoms with Gasteiger partial charge in [0.05, 0.1) is 12.7 Å². The van der Waals surface area contributed by atoms with E-state index in [1.807, 2.05) is 42.5 Å². The number of carbonyl (C=O) groups is 1. The standard InChI is InChI=1S/C18H15N3O2/c1-23-18(22)14-9-10-19-17(11-14)21-16-8-7-15(12-20-16)13-5-3-2-4-6-13/h2-12H,1H3,(H,19,20,21). The highest BCUT2D eigenvalue weighted by atomic mass is 16.5. The lowest BCUT2D eigenvalue weighted by molar-refractivity contribution is 0.0600. The van der Waals surface area contributed by atoms with Crippen molar-refractivity contribution in [3.8, 4) is 11.1 Å². The molecular weight excluding hydrogens is 290 g/mol. The number of aromatic nitrogens is 2. The largest absolute Gasteiger partial charge is 0.465 e. The van der Waals surface area contributed by atoms with Gasteiger partial charge in [-0.05, 0) is 29.8 Å². The minimum Gasteiger partial charge on any atom is -0.465 e. The van der Waals surface area contributed by atoms with Crippen LogP contribution in [0, 0.1) is 0 Å². The minimum absolute atomic E-state index is 0.400. The van der Waals surface area contributed by atoms with E-state index in [0.29, 0.717) is 17.2 Å². The predicted octanol–water partition coefficient (Wildman–Crippen LogP) is 3.67. The number of pyridine rings is 2. The van der Waals surface area contributed by atoms with Crippen molar-refractivity contribution >= 4 is 17.6 Å². The van der Waals surface area contributed by atoms with Crippen molar-refractivity contribution in [3.05, 3.63) is 72.6 Å². The van der Waals surface area contributed by atoms with Crippen LogP contribution in [0.1, 0.15) is 10.4 Å². The van der Waals surface area contributed by atoms with Crippen LogP contribution in [0.3, 0.4) is 0 Å². The van der Waals surface area contributed by atoms with Gasteiger partial charge >= 0.3 is 5.97 Å². The number of nitrogens with zero attached hydrogens (tertiary/aromatic N) is 2. The molecule has 23 heavy (non-hydrogen) atoms. The summed E-state index contributed by atoms with van der Waals surface area (Å²) in [6.07, 6.45) is 3.34. The average molecular weight is 305 g/mol. The number of benzene rings is 1. The Hall–Kier alpha value is -3.21. The number of anilines is 2. The van der Waals surface area contributed by atoms with Crippen LogP contribution in [0.5, 0.6) is 0 Å². The first-order valence-electron chi connectivity index (χ1n) is 7.09. The van der Waals surface area contributed by atoms with E-state index in [2.05, 4.69) is 15.3 Å². The van der Waals surface area contributed by atoms with Gasteiger partial charge in [-0.1, -0.05) is 30.3 Å². The van der Waals surface area contributed by atoms with E-state index in [0.717, 1.165) is 11.1 Å². The topological polar surface area (TPSA) is 64.1 Å². The van der Waals surface area contributed by atoms with E-state index in [4.69, 9.17) is 4.74 Å². The lowest BCUT2D eigenvalue weighted by Gasteiger charge is -2.07. The van der Waals surface area contributed by atoms with Gasteiger partial charge in [0.1, 0.15) is 11.6 Å². The summed E-state index contributed by atoms with van der Waals surface area (Å²) in [7, 11) is 1.35. The first kappa shape index (κ1) is 14.7. The fourth-order valence-electron chi connectivity index (χ4n) is 2.14. The molecule has 2 heterocycles. The Bertz CT molecular complexity index is 802. The molecule has 3 aromatic rings. The summed E-state index contributed by atoms with van der Waals surface area (Å²) in [5.41, 5.74) is 2.58. The summed E-state index contributed by atoms with van der Waals surface area (Å²) in [5, 5.41) is 3.07. The Morgan fingerprint density at radius 3 is 2.48 bits per heavy atom. The number of hydrogen-bond acceptors (Lipinski definition) is 5. The number of methoxy groups -OCH3 is 1. The molecule has 114 valence electrons. The molecular formula is C18H15N3O2. The lowest BCUT2D eigenvalue weighted by Crippen LogP contribution is -2.03. The molecule has 0 aliphatic rings. The van der Waals surface area contributed by atoms with E-state index >= 15 is 0 Å². The van der Waals surface area contributed by atoms with Crippen molar-refractivity contribution in [1.29, 1.82) is 0 Å². The Labute approximate surface area is 134 Å². The van der Waals surface area contributed by atoms with Crippen LogP contribution >= 0.6 is 0 Å². The molecule has 0 radical (unpaired) electrons. The summed E-state index contributed by atoms with van der Waals surface area (Å²) in [6.45, 7) is 0. The Balaban J connectivity index is 1.77. The van der Waals surface area contributed by atoms with Crippen molar-refractivity contribution in [1.82, 2.24) is 9.97 Å². The van der Waals surface area contributed by atoms with Gasteiger partial charge in [0, 0.05) is 18.0 Å². The van der Waals surface area contributed by atoms with Crippen LogP contribution in [0.15, 0.2) is 67.0 Å². The lowest BCUT2D eigenvalue weighted by atomic mass is 10.1. The maximum Gasteiger partial charge on any atom is 0.338 e. The maximum atomic E-state index is 11.5. The second-order valence-corrected chi connectivity index (χ2v) is 4.84. The molecule has 2 aromatic heterocycles. The van der Waals surface area contributed by atoms with Crippen LogP contribution in [0.2, 0.25) is 0 Å². The van der Waals surface area contributed by atoms with E-state index < -0.39 is 5.97 Å². The van der Waals surface area contributed by atoms with E-state index in [1.165, 1.54) is 7.11 Å². The summed E-state index contributed by atoms with van der Waals surface area (Å²) in [4.78, 5) is 20.1. The normalized spacial score (nSPS) is 10.1. The molecule has 0 unspecified atom stereocenters. The highest BCUT2D eigenvalue weighted by Gasteiger charge is 2.07. The molecule has 1 N–H and O–H groups in total. The van der Waals surface area contributed by atoms with Crippen molar-refractivity contribution in [3.63, 3.8) is 0 Å². The van der Waals surface area contributed by atoms with Gasteiger partial charge < -0.3 is 10.1 Å². The average Bonchev–Trinajstić information content (AvgIpc) is 2.62. The van der Waals surface area contributed by atoms with Crippen molar-refractivity contribution in [2.45, 2.75) is 0 Å². The maximum absolute atomic E-state index is 11.5. The summed E-state index contributed by atoms with van der Waals surface area (Å²) < 4.78 is 4.70. The molecule has 0 aliphatic carbocycles. The van der Waals surface area contributed by atoms with Crippen molar-refractivity contribution in [2.24, 2.45) is 0 Å². The molecule has 0 fully saturated rings. The van der Waals surface area contributed by atoms with Crippen LogP contribution in [-0.4, -0.2) is 23.0 Å². The van der Waals surface area contributed by atoms with Crippen LogP contribution < -0.4 is 5.32 Å². The molecule has 5 heteroatoms. The number of nitrogens with one attached hydrogen (secondary N) is 1. The number of hydrogen-bond donors (Lipinski definition) is 1. The second-order valence-electron chi connectivity index (χ2n) is 4.84. The van der Waals surface area contributed by atoms with Gasteiger partial charge in [-0.15, -0.1) is 0 Å². The molecule has 0 amide bonds. The first-order chi connectivity index (χ1) is 11.3. The smallest absolute Gasteiger partial charge is 0.338 e. The number of esters is 1. The van der Waals surface area contributed by atoms with E-state index in [-0.39, 0.29) is 0 Å². The summed E-state index contributed by atoms with van der Waals surface area (Å²) >= 11 is 0. The Kier molecular flexibility index (Phi) is 4.29.